The maximum Gasteiger partial charge on any atom is 0.0689 e. The van der Waals surface area contributed by atoms with E-state index in [0.717, 1.165) is 19.4 Å². The van der Waals surface area contributed by atoms with Crippen LogP contribution in [0.3, 0.4) is 0 Å². The van der Waals surface area contributed by atoms with Gasteiger partial charge in [-0.15, -0.1) is 6.42 Å². The zero-order chi connectivity index (χ0) is 12.0. The zero-order valence-corrected chi connectivity index (χ0v) is 10.5. The lowest BCUT2D eigenvalue weighted by Crippen LogP contribution is -2.27. The van der Waals surface area contributed by atoms with Crippen molar-refractivity contribution in [1.82, 2.24) is 5.32 Å². The largest absolute Gasteiger partial charge is 0.300 e. The van der Waals surface area contributed by atoms with Gasteiger partial charge < -0.3 is 0 Å². The Morgan fingerprint density at radius 3 is 2.44 bits per heavy atom. The second-order valence-electron chi connectivity index (χ2n) is 4.26. The minimum Gasteiger partial charge on any atom is -0.300 e. The van der Waals surface area contributed by atoms with E-state index in [1.807, 2.05) is 0 Å². The number of hydrogen-bond donors (Lipinski definition) is 1. The first-order valence-electron chi connectivity index (χ1n) is 5.93. The molecule has 0 amide bonds. The van der Waals surface area contributed by atoms with Crippen molar-refractivity contribution in [2.24, 2.45) is 0 Å². The monoisotopic (exact) mass is 215 g/mol. The summed E-state index contributed by atoms with van der Waals surface area (Å²) in [6.07, 6.45) is 7.65. The van der Waals surface area contributed by atoms with Gasteiger partial charge in [0.1, 0.15) is 0 Å². The molecule has 0 saturated heterocycles. The van der Waals surface area contributed by atoms with Gasteiger partial charge in [0.25, 0.3) is 0 Å². The fraction of sp³-hybridized carbons (Fsp3) is 0.467. The van der Waals surface area contributed by atoms with Crippen molar-refractivity contribution in [3.05, 3.63) is 34.9 Å². The summed E-state index contributed by atoms with van der Waals surface area (Å²) in [6, 6.07) is 6.59. The predicted molar refractivity (Wildman–Crippen MR) is 70.3 cm³/mol. The molecule has 0 saturated carbocycles. The first-order chi connectivity index (χ1) is 7.69. The minimum atomic E-state index is 0.198. The molecule has 1 nitrogen and oxygen atoms in total. The van der Waals surface area contributed by atoms with Crippen LogP contribution in [0, 0.1) is 26.2 Å². The topological polar surface area (TPSA) is 12.0 Å². The number of rotatable bonds is 5. The van der Waals surface area contributed by atoms with Crippen LogP contribution in [0.15, 0.2) is 18.2 Å². The van der Waals surface area contributed by atoms with Gasteiger partial charge in [0.2, 0.25) is 0 Å². The highest BCUT2D eigenvalue weighted by molar-refractivity contribution is 5.33. The van der Waals surface area contributed by atoms with E-state index in [2.05, 4.69) is 50.2 Å². The van der Waals surface area contributed by atoms with Crippen molar-refractivity contribution in [3.8, 4) is 12.3 Å². The van der Waals surface area contributed by atoms with Gasteiger partial charge in [-0.05, 0) is 37.0 Å². The number of terminal acetylenes is 1. The van der Waals surface area contributed by atoms with Crippen LogP contribution in [-0.2, 0) is 6.54 Å². The maximum atomic E-state index is 5.49. The molecule has 1 N–H and O–H groups in total. The molecule has 1 atom stereocenters. The third-order valence-corrected chi connectivity index (χ3v) is 2.95. The standard InChI is InChI=1S/C15H21N/c1-5-8-14(6-2)16-11-15-12(3)9-7-10-13(15)4/h2,7,9-10,14,16H,5,8,11H2,1,3-4H3. The highest BCUT2D eigenvalue weighted by Gasteiger charge is 2.05. The summed E-state index contributed by atoms with van der Waals surface area (Å²) in [4.78, 5) is 0. The fourth-order valence-corrected chi connectivity index (χ4v) is 1.89. The molecule has 0 bridgehead atoms. The molecule has 86 valence electrons. The predicted octanol–water partition coefficient (Wildman–Crippen LogP) is 3.19. The summed E-state index contributed by atoms with van der Waals surface area (Å²) in [6.45, 7) is 7.32. The van der Waals surface area contributed by atoms with E-state index in [4.69, 9.17) is 6.42 Å². The van der Waals surface area contributed by atoms with E-state index in [0.29, 0.717) is 0 Å². The lowest BCUT2D eigenvalue weighted by Gasteiger charge is -2.15. The van der Waals surface area contributed by atoms with Gasteiger partial charge in [-0.25, -0.2) is 0 Å². The van der Waals surface area contributed by atoms with Gasteiger partial charge in [-0.3, -0.25) is 5.32 Å². The van der Waals surface area contributed by atoms with Crippen molar-refractivity contribution in [1.29, 1.82) is 0 Å². The average Bonchev–Trinajstić information content (AvgIpc) is 2.27. The molecular weight excluding hydrogens is 194 g/mol. The number of hydrogen-bond acceptors (Lipinski definition) is 1. The van der Waals surface area contributed by atoms with Crippen molar-refractivity contribution in [3.63, 3.8) is 0 Å². The lowest BCUT2D eigenvalue weighted by atomic mass is 10.0. The van der Waals surface area contributed by atoms with E-state index in [9.17, 15) is 0 Å². The van der Waals surface area contributed by atoms with Crippen LogP contribution in [-0.4, -0.2) is 6.04 Å². The van der Waals surface area contributed by atoms with Crippen LogP contribution in [0.1, 0.15) is 36.5 Å². The SMILES string of the molecule is C#CC(CCC)NCc1c(C)cccc1C. The second-order valence-corrected chi connectivity index (χ2v) is 4.26. The maximum absolute atomic E-state index is 5.49. The highest BCUT2D eigenvalue weighted by atomic mass is 14.9. The highest BCUT2D eigenvalue weighted by Crippen LogP contribution is 2.13. The van der Waals surface area contributed by atoms with Gasteiger partial charge in [-0.1, -0.05) is 37.5 Å². The minimum absolute atomic E-state index is 0.198. The molecule has 1 aromatic rings. The summed E-state index contributed by atoms with van der Waals surface area (Å²) in [5, 5.41) is 3.43. The molecule has 0 fully saturated rings. The quantitative estimate of drug-likeness (QED) is 0.744. The molecule has 0 heterocycles. The van der Waals surface area contributed by atoms with E-state index >= 15 is 0 Å². The third kappa shape index (κ3) is 3.40. The molecule has 16 heavy (non-hydrogen) atoms. The van der Waals surface area contributed by atoms with Crippen LogP contribution in [0.5, 0.6) is 0 Å². The van der Waals surface area contributed by atoms with Crippen molar-refractivity contribution in [2.75, 3.05) is 0 Å². The molecule has 1 heteroatoms. The van der Waals surface area contributed by atoms with Gasteiger partial charge in [0.05, 0.1) is 6.04 Å². The van der Waals surface area contributed by atoms with Crippen LogP contribution >= 0.6 is 0 Å². The lowest BCUT2D eigenvalue weighted by molar-refractivity contribution is 0.561. The summed E-state index contributed by atoms with van der Waals surface area (Å²) < 4.78 is 0. The van der Waals surface area contributed by atoms with E-state index in [1.165, 1.54) is 16.7 Å². The van der Waals surface area contributed by atoms with Crippen LogP contribution in [0.2, 0.25) is 0 Å². The first-order valence-corrected chi connectivity index (χ1v) is 5.93. The summed E-state index contributed by atoms with van der Waals surface area (Å²) in [5.74, 6) is 2.80. The number of aryl methyl sites for hydroxylation is 2. The van der Waals surface area contributed by atoms with Crippen LogP contribution in [0.25, 0.3) is 0 Å². The summed E-state index contributed by atoms with van der Waals surface area (Å²) in [5.41, 5.74) is 4.04. The molecule has 0 spiro atoms. The van der Waals surface area contributed by atoms with Gasteiger partial charge in [0, 0.05) is 6.54 Å². The molecule has 1 rings (SSSR count). The Morgan fingerprint density at radius 1 is 1.31 bits per heavy atom. The number of nitrogens with one attached hydrogen (secondary N) is 1. The molecule has 0 aliphatic rings. The van der Waals surface area contributed by atoms with Crippen molar-refractivity contribution < 1.29 is 0 Å². The van der Waals surface area contributed by atoms with Crippen molar-refractivity contribution in [2.45, 2.75) is 46.2 Å². The Morgan fingerprint density at radius 2 is 1.94 bits per heavy atom. The molecule has 1 unspecified atom stereocenters. The smallest absolute Gasteiger partial charge is 0.0689 e. The Kier molecular flexibility index (Phi) is 5.08. The van der Waals surface area contributed by atoms with E-state index in [-0.39, 0.29) is 6.04 Å². The Labute approximate surface area is 99.3 Å². The number of benzene rings is 1. The van der Waals surface area contributed by atoms with E-state index < -0.39 is 0 Å². The second kappa shape index (κ2) is 6.35. The molecular formula is C15H21N. The molecule has 0 aliphatic heterocycles. The van der Waals surface area contributed by atoms with Gasteiger partial charge in [-0.2, -0.15) is 0 Å². The Hall–Kier alpha value is -1.26. The van der Waals surface area contributed by atoms with Crippen LogP contribution in [0.4, 0.5) is 0 Å². The van der Waals surface area contributed by atoms with Gasteiger partial charge in [0.15, 0.2) is 0 Å². The van der Waals surface area contributed by atoms with Crippen LogP contribution < -0.4 is 5.32 Å². The Bertz CT molecular complexity index is 353. The first kappa shape index (κ1) is 12.8. The Balaban J connectivity index is 2.64. The summed E-state index contributed by atoms with van der Waals surface area (Å²) in [7, 11) is 0. The molecule has 0 aliphatic carbocycles. The normalized spacial score (nSPS) is 12.1. The average molecular weight is 215 g/mol. The molecule has 1 aromatic carbocycles. The van der Waals surface area contributed by atoms with E-state index in [1.54, 1.807) is 0 Å². The summed E-state index contributed by atoms with van der Waals surface area (Å²) >= 11 is 0. The van der Waals surface area contributed by atoms with Gasteiger partial charge >= 0.3 is 0 Å². The molecule has 0 radical (unpaired) electrons. The molecule has 0 aromatic heterocycles. The third-order valence-electron chi connectivity index (χ3n) is 2.95. The van der Waals surface area contributed by atoms with Crippen molar-refractivity contribution >= 4 is 0 Å². The zero-order valence-electron chi connectivity index (χ0n) is 10.5. The fourth-order valence-electron chi connectivity index (χ4n) is 1.89.